The molecule has 2 aromatic carbocycles. The van der Waals surface area contributed by atoms with E-state index in [1.54, 1.807) is 7.11 Å². The van der Waals surface area contributed by atoms with Crippen LogP contribution in [0.15, 0.2) is 53.1 Å². The van der Waals surface area contributed by atoms with Gasteiger partial charge in [0.1, 0.15) is 5.75 Å². The van der Waals surface area contributed by atoms with Crippen LogP contribution in [0.4, 0.5) is 0 Å². The molecule has 0 saturated carbocycles. The molecule has 0 aliphatic heterocycles. The van der Waals surface area contributed by atoms with Gasteiger partial charge in [0.2, 0.25) is 0 Å². The van der Waals surface area contributed by atoms with E-state index in [2.05, 4.69) is 53.0 Å². The van der Waals surface area contributed by atoms with Crippen LogP contribution in [-0.4, -0.2) is 12.1 Å². The van der Waals surface area contributed by atoms with Gasteiger partial charge < -0.3 is 4.74 Å². The minimum atomic E-state index is 0.834. The molecule has 29 heavy (non-hydrogen) atoms. The first kappa shape index (κ1) is 21.9. The number of methoxy groups -OCH3 is 1. The van der Waals surface area contributed by atoms with Crippen LogP contribution in [0.2, 0.25) is 5.02 Å². The van der Waals surface area contributed by atoms with Crippen molar-refractivity contribution in [3.63, 3.8) is 0 Å². The average molecular weight is 473 g/mol. The van der Waals surface area contributed by atoms with Crippen molar-refractivity contribution in [2.24, 2.45) is 0 Å². The fraction of sp³-hybridized carbons (Fsp3) is 0.320. The van der Waals surface area contributed by atoms with E-state index in [9.17, 15) is 0 Å². The van der Waals surface area contributed by atoms with Gasteiger partial charge in [0.05, 0.1) is 7.11 Å². The summed E-state index contributed by atoms with van der Waals surface area (Å²) in [7, 11) is 1.72. The van der Waals surface area contributed by atoms with Crippen LogP contribution in [0.3, 0.4) is 0 Å². The molecule has 1 aromatic heterocycles. The first-order chi connectivity index (χ1) is 14.1. The van der Waals surface area contributed by atoms with Crippen molar-refractivity contribution in [2.75, 3.05) is 7.11 Å². The highest BCUT2D eigenvalue weighted by molar-refractivity contribution is 9.10. The lowest BCUT2D eigenvalue weighted by molar-refractivity contribution is 0.409. The smallest absolute Gasteiger partial charge is 0.122 e. The zero-order valence-electron chi connectivity index (χ0n) is 17.3. The van der Waals surface area contributed by atoms with Gasteiger partial charge in [-0.2, -0.15) is 0 Å². The van der Waals surface area contributed by atoms with Gasteiger partial charge in [-0.1, -0.05) is 53.5 Å². The molecule has 0 N–H and O–H groups in total. The second-order valence-electron chi connectivity index (χ2n) is 7.11. The number of halogens is 2. The Balaban J connectivity index is 1.90. The van der Waals surface area contributed by atoms with E-state index in [1.165, 1.54) is 33.5 Å². The molecule has 0 aliphatic carbocycles. The molecule has 0 aliphatic rings. The van der Waals surface area contributed by atoms with E-state index < -0.39 is 0 Å². The summed E-state index contributed by atoms with van der Waals surface area (Å²) < 4.78 is 6.61. The molecule has 3 rings (SSSR count). The number of hydrogen-bond acceptors (Lipinski definition) is 2. The molecule has 0 bridgehead atoms. The van der Waals surface area contributed by atoms with Crippen LogP contribution in [0.5, 0.6) is 5.75 Å². The highest BCUT2D eigenvalue weighted by Crippen LogP contribution is 2.29. The zero-order chi connectivity index (χ0) is 20.8. The summed E-state index contributed by atoms with van der Waals surface area (Å²) in [5.41, 5.74) is 7.57. The molecular weight excluding hydrogens is 446 g/mol. The van der Waals surface area contributed by atoms with Crippen molar-refractivity contribution in [3.05, 3.63) is 91.7 Å². The minimum absolute atomic E-state index is 0.834. The fourth-order valence-corrected chi connectivity index (χ4v) is 4.59. The van der Waals surface area contributed by atoms with Crippen LogP contribution in [0.1, 0.15) is 47.4 Å². The molecule has 0 saturated heterocycles. The van der Waals surface area contributed by atoms with Gasteiger partial charge >= 0.3 is 0 Å². The number of aromatic nitrogens is 1. The van der Waals surface area contributed by atoms with Crippen LogP contribution < -0.4 is 4.74 Å². The number of pyridine rings is 1. The predicted molar refractivity (Wildman–Crippen MR) is 125 cm³/mol. The van der Waals surface area contributed by atoms with Gasteiger partial charge in [-0.05, 0) is 90.3 Å². The summed E-state index contributed by atoms with van der Waals surface area (Å²) in [5.74, 6) is 0.923. The van der Waals surface area contributed by atoms with Crippen molar-refractivity contribution >= 4 is 27.5 Å². The summed E-state index contributed by atoms with van der Waals surface area (Å²) in [5, 5.41) is 0.834. The van der Waals surface area contributed by atoms with Crippen LogP contribution in [0, 0.1) is 0 Å². The maximum Gasteiger partial charge on any atom is 0.122 e. The van der Waals surface area contributed by atoms with Gasteiger partial charge in [0.15, 0.2) is 0 Å². The van der Waals surface area contributed by atoms with Crippen LogP contribution >= 0.6 is 27.5 Å². The standard InChI is InChI=1S/C25H27BrClNO/c1-4-21-18(13-14-28-24(21)5-2)16-22-17(7-6-8-23(22)27)9-10-19-15-20(26)11-12-25(19)29-3/h6-8,11-15H,4-5,9-10,16H2,1-3H3. The normalized spacial score (nSPS) is 10.9. The SMILES string of the molecule is CCc1nccc(Cc2c(Cl)cccc2CCc2cc(Br)ccc2OC)c1CC. The summed E-state index contributed by atoms with van der Waals surface area (Å²) >= 11 is 10.2. The second kappa shape index (κ2) is 10.3. The third kappa shape index (κ3) is 5.21. The second-order valence-corrected chi connectivity index (χ2v) is 8.44. The molecule has 2 nitrogen and oxygen atoms in total. The topological polar surface area (TPSA) is 22.1 Å². The number of ether oxygens (including phenoxy) is 1. The van der Waals surface area contributed by atoms with E-state index in [0.717, 1.165) is 47.3 Å². The van der Waals surface area contributed by atoms with Gasteiger partial charge in [-0.25, -0.2) is 0 Å². The molecule has 0 unspecified atom stereocenters. The van der Waals surface area contributed by atoms with Crippen molar-refractivity contribution in [2.45, 2.75) is 46.0 Å². The Morgan fingerprint density at radius 3 is 2.45 bits per heavy atom. The molecule has 0 amide bonds. The van der Waals surface area contributed by atoms with Gasteiger partial charge in [-0.15, -0.1) is 0 Å². The Kier molecular flexibility index (Phi) is 7.74. The first-order valence-electron chi connectivity index (χ1n) is 10.1. The Bertz CT molecular complexity index is 987. The van der Waals surface area contributed by atoms with E-state index in [4.69, 9.17) is 16.3 Å². The summed E-state index contributed by atoms with van der Waals surface area (Å²) in [6.07, 6.45) is 6.51. The highest BCUT2D eigenvalue weighted by Gasteiger charge is 2.13. The molecule has 0 spiro atoms. The van der Waals surface area contributed by atoms with E-state index in [1.807, 2.05) is 30.5 Å². The summed E-state index contributed by atoms with van der Waals surface area (Å²) in [4.78, 5) is 4.57. The van der Waals surface area contributed by atoms with Crippen LogP contribution in [-0.2, 0) is 32.1 Å². The monoisotopic (exact) mass is 471 g/mol. The average Bonchev–Trinajstić information content (AvgIpc) is 2.74. The lowest BCUT2D eigenvalue weighted by Gasteiger charge is -2.16. The Hall–Kier alpha value is -1.84. The van der Waals surface area contributed by atoms with Crippen molar-refractivity contribution in [1.29, 1.82) is 0 Å². The molecule has 0 radical (unpaired) electrons. The fourth-order valence-electron chi connectivity index (χ4n) is 3.92. The van der Waals surface area contributed by atoms with E-state index in [0.29, 0.717) is 0 Å². The maximum atomic E-state index is 6.67. The first-order valence-corrected chi connectivity index (χ1v) is 11.3. The summed E-state index contributed by atoms with van der Waals surface area (Å²) in [6.45, 7) is 4.37. The lowest BCUT2D eigenvalue weighted by Crippen LogP contribution is -2.05. The number of hydrogen-bond donors (Lipinski definition) is 0. The Morgan fingerprint density at radius 1 is 0.931 bits per heavy atom. The quantitative estimate of drug-likeness (QED) is 0.352. The maximum absolute atomic E-state index is 6.67. The Morgan fingerprint density at radius 2 is 1.72 bits per heavy atom. The Labute approximate surface area is 187 Å². The van der Waals surface area contributed by atoms with Crippen molar-refractivity contribution in [3.8, 4) is 5.75 Å². The molecular formula is C25H27BrClNO. The van der Waals surface area contributed by atoms with Gasteiger partial charge in [0.25, 0.3) is 0 Å². The van der Waals surface area contributed by atoms with Crippen molar-refractivity contribution < 1.29 is 4.74 Å². The largest absolute Gasteiger partial charge is 0.496 e. The van der Waals surface area contributed by atoms with Crippen molar-refractivity contribution in [1.82, 2.24) is 4.98 Å². The molecule has 0 atom stereocenters. The molecule has 152 valence electrons. The number of rotatable bonds is 8. The minimum Gasteiger partial charge on any atom is -0.496 e. The molecule has 3 aromatic rings. The molecule has 4 heteroatoms. The molecule has 1 heterocycles. The van der Waals surface area contributed by atoms with E-state index >= 15 is 0 Å². The summed E-state index contributed by atoms with van der Waals surface area (Å²) in [6, 6.07) is 14.5. The lowest BCUT2D eigenvalue weighted by atomic mass is 9.92. The van der Waals surface area contributed by atoms with Gasteiger partial charge in [0, 0.05) is 21.4 Å². The third-order valence-electron chi connectivity index (χ3n) is 5.42. The number of benzene rings is 2. The zero-order valence-corrected chi connectivity index (χ0v) is 19.6. The van der Waals surface area contributed by atoms with Gasteiger partial charge in [-0.3, -0.25) is 4.98 Å². The molecule has 0 fully saturated rings. The predicted octanol–water partition coefficient (Wildman–Crippen LogP) is 7.01. The van der Waals surface area contributed by atoms with Crippen LogP contribution in [0.25, 0.3) is 0 Å². The number of aryl methyl sites for hydroxylation is 3. The third-order valence-corrected chi connectivity index (χ3v) is 6.27. The van der Waals surface area contributed by atoms with E-state index in [-0.39, 0.29) is 0 Å². The highest BCUT2D eigenvalue weighted by atomic mass is 79.9. The number of nitrogens with zero attached hydrogens (tertiary/aromatic N) is 1.